The largest absolute Gasteiger partial charge is 0.300 e. The molecule has 0 N–H and O–H groups in total. The average Bonchev–Trinajstić information content (AvgIpc) is 2.04. The van der Waals surface area contributed by atoms with Crippen molar-refractivity contribution in [1.29, 1.82) is 0 Å². The van der Waals surface area contributed by atoms with E-state index < -0.39 is 0 Å². The Morgan fingerprint density at radius 1 is 1.36 bits per heavy atom. The van der Waals surface area contributed by atoms with Crippen molar-refractivity contribution >= 4 is 0 Å². The number of rotatable bonds is 2. The topological polar surface area (TPSA) is 3.24 Å². The summed E-state index contributed by atoms with van der Waals surface area (Å²) in [7, 11) is 0. The van der Waals surface area contributed by atoms with Gasteiger partial charge in [0.2, 0.25) is 0 Å². The fourth-order valence-corrected chi connectivity index (χ4v) is 2.16. The van der Waals surface area contributed by atoms with Crippen molar-refractivity contribution in [2.24, 2.45) is 5.92 Å². The van der Waals surface area contributed by atoms with E-state index in [0.29, 0.717) is 0 Å². The SMILES string of the molecule is CCN1CCCC[C@@H]1C(C)C. The van der Waals surface area contributed by atoms with Gasteiger partial charge in [-0.1, -0.05) is 27.2 Å². The van der Waals surface area contributed by atoms with E-state index in [1.807, 2.05) is 0 Å². The maximum atomic E-state index is 2.63. The van der Waals surface area contributed by atoms with Gasteiger partial charge in [-0.2, -0.15) is 0 Å². The summed E-state index contributed by atoms with van der Waals surface area (Å²) in [5, 5.41) is 0. The summed E-state index contributed by atoms with van der Waals surface area (Å²) in [6.07, 6.45) is 4.28. The van der Waals surface area contributed by atoms with Gasteiger partial charge in [-0.25, -0.2) is 0 Å². The maximum Gasteiger partial charge on any atom is 0.0118 e. The molecule has 0 unspecified atom stereocenters. The normalized spacial score (nSPS) is 27.8. The smallest absolute Gasteiger partial charge is 0.0118 e. The predicted molar refractivity (Wildman–Crippen MR) is 49.7 cm³/mol. The molecule has 0 radical (unpaired) electrons. The average molecular weight is 155 g/mol. The van der Waals surface area contributed by atoms with Crippen LogP contribution in [0, 0.1) is 5.92 Å². The Hall–Kier alpha value is -0.0400. The van der Waals surface area contributed by atoms with Crippen LogP contribution in [0.5, 0.6) is 0 Å². The molecule has 66 valence electrons. The summed E-state index contributed by atoms with van der Waals surface area (Å²) in [6, 6.07) is 0.869. The Morgan fingerprint density at radius 2 is 2.09 bits per heavy atom. The zero-order valence-corrected chi connectivity index (χ0v) is 8.14. The van der Waals surface area contributed by atoms with Gasteiger partial charge in [0, 0.05) is 6.04 Å². The highest BCUT2D eigenvalue weighted by atomic mass is 15.2. The van der Waals surface area contributed by atoms with Crippen molar-refractivity contribution in [2.45, 2.75) is 46.1 Å². The first-order valence-electron chi connectivity index (χ1n) is 4.99. The zero-order chi connectivity index (χ0) is 8.27. The minimum atomic E-state index is 0.843. The van der Waals surface area contributed by atoms with Crippen molar-refractivity contribution in [3.63, 3.8) is 0 Å². The van der Waals surface area contributed by atoms with Gasteiger partial charge in [0.1, 0.15) is 0 Å². The van der Waals surface area contributed by atoms with E-state index in [1.165, 1.54) is 32.4 Å². The Bertz CT molecular complexity index is 109. The fraction of sp³-hybridized carbons (Fsp3) is 1.00. The summed E-state index contributed by atoms with van der Waals surface area (Å²) >= 11 is 0. The summed E-state index contributed by atoms with van der Waals surface area (Å²) in [4.78, 5) is 2.63. The molecule has 0 aliphatic carbocycles. The van der Waals surface area contributed by atoms with Crippen molar-refractivity contribution in [3.8, 4) is 0 Å². The van der Waals surface area contributed by atoms with Crippen LogP contribution in [-0.4, -0.2) is 24.0 Å². The molecule has 1 nitrogen and oxygen atoms in total. The third-order valence-corrected chi connectivity index (χ3v) is 2.84. The molecule has 1 aliphatic heterocycles. The minimum absolute atomic E-state index is 0.843. The van der Waals surface area contributed by atoms with Crippen LogP contribution in [0.15, 0.2) is 0 Å². The molecule has 0 aromatic heterocycles. The molecule has 0 aromatic carbocycles. The van der Waals surface area contributed by atoms with E-state index >= 15 is 0 Å². The molecular formula is C10H21N. The molecule has 1 aliphatic rings. The monoisotopic (exact) mass is 155 g/mol. The molecule has 1 fully saturated rings. The van der Waals surface area contributed by atoms with Crippen LogP contribution in [0.4, 0.5) is 0 Å². The number of piperidine rings is 1. The van der Waals surface area contributed by atoms with Crippen molar-refractivity contribution in [2.75, 3.05) is 13.1 Å². The van der Waals surface area contributed by atoms with Crippen LogP contribution < -0.4 is 0 Å². The first-order chi connectivity index (χ1) is 5.25. The van der Waals surface area contributed by atoms with E-state index in [-0.39, 0.29) is 0 Å². The van der Waals surface area contributed by atoms with Gasteiger partial charge in [0.05, 0.1) is 0 Å². The molecule has 1 heterocycles. The number of hydrogen-bond donors (Lipinski definition) is 0. The standard InChI is InChI=1S/C10H21N/c1-4-11-8-6-5-7-10(11)9(2)3/h9-10H,4-8H2,1-3H3/t10-/m1/s1. The second-order valence-corrected chi connectivity index (χ2v) is 3.94. The van der Waals surface area contributed by atoms with Gasteiger partial charge in [-0.05, 0) is 31.8 Å². The third kappa shape index (κ3) is 2.19. The lowest BCUT2D eigenvalue weighted by atomic mass is 9.93. The summed E-state index contributed by atoms with van der Waals surface area (Å²) in [6.45, 7) is 9.54. The van der Waals surface area contributed by atoms with Crippen molar-refractivity contribution in [3.05, 3.63) is 0 Å². The zero-order valence-electron chi connectivity index (χ0n) is 8.14. The molecule has 0 aromatic rings. The predicted octanol–water partition coefficient (Wildman–Crippen LogP) is 2.52. The summed E-state index contributed by atoms with van der Waals surface area (Å²) in [5.41, 5.74) is 0. The molecule has 1 atom stereocenters. The lowest BCUT2D eigenvalue weighted by Gasteiger charge is -2.37. The molecular weight excluding hydrogens is 134 g/mol. The van der Waals surface area contributed by atoms with E-state index in [1.54, 1.807) is 0 Å². The Labute approximate surface area is 70.8 Å². The van der Waals surface area contributed by atoms with Gasteiger partial charge in [-0.15, -0.1) is 0 Å². The quantitative estimate of drug-likeness (QED) is 0.592. The summed E-state index contributed by atoms with van der Waals surface area (Å²) < 4.78 is 0. The number of nitrogens with zero attached hydrogens (tertiary/aromatic N) is 1. The first-order valence-corrected chi connectivity index (χ1v) is 4.99. The lowest BCUT2D eigenvalue weighted by molar-refractivity contribution is 0.119. The third-order valence-electron chi connectivity index (χ3n) is 2.84. The second-order valence-electron chi connectivity index (χ2n) is 3.94. The van der Waals surface area contributed by atoms with Gasteiger partial charge in [-0.3, -0.25) is 0 Å². The highest BCUT2D eigenvalue weighted by Gasteiger charge is 2.22. The number of likely N-dealkylation sites (tertiary alicyclic amines) is 1. The van der Waals surface area contributed by atoms with E-state index in [0.717, 1.165) is 12.0 Å². The number of hydrogen-bond acceptors (Lipinski definition) is 1. The van der Waals surface area contributed by atoms with Gasteiger partial charge in [0.25, 0.3) is 0 Å². The summed E-state index contributed by atoms with van der Waals surface area (Å²) in [5.74, 6) is 0.843. The maximum absolute atomic E-state index is 2.63. The lowest BCUT2D eigenvalue weighted by Crippen LogP contribution is -2.42. The fourth-order valence-electron chi connectivity index (χ4n) is 2.16. The molecule has 0 spiro atoms. The van der Waals surface area contributed by atoms with Crippen LogP contribution in [0.1, 0.15) is 40.0 Å². The molecule has 1 saturated heterocycles. The van der Waals surface area contributed by atoms with E-state index in [2.05, 4.69) is 25.7 Å². The van der Waals surface area contributed by atoms with Crippen LogP contribution in [0.2, 0.25) is 0 Å². The Balaban J connectivity index is 2.44. The van der Waals surface area contributed by atoms with E-state index in [4.69, 9.17) is 0 Å². The molecule has 1 rings (SSSR count). The minimum Gasteiger partial charge on any atom is -0.300 e. The van der Waals surface area contributed by atoms with Crippen LogP contribution >= 0.6 is 0 Å². The highest BCUT2D eigenvalue weighted by molar-refractivity contribution is 4.78. The molecule has 0 amide bonds. The second kappa shape index (κ2) is 4.10. The van der Waals surface area contributed by atoms with E-state index in [9.17, 15) is 0 Å². The molecule has 0 saturated carbocycles. The van der Waals surface area contributed by atoms with Crippen LogP contribution in [0.3, 0.4) is 0 Å². The molecule has 1 heteroatoms. The Kier molecular flexibility index (Phi) is 3.38. The van der Waals surface area contributed by atoms with Gasteiger partial charge < -0.3 is 4.90 Å². The highest BCUT2D eigenvalue weighted by Crippen LogP contribution is 2.22. The van der Waals surface area contributed by atoms with Gasteiger partial charge in [0.15, 0.2) is 0 Å². The molecule has 0 bridgehead atoms. The van der Waals surface area contributed by atoms with Gasteiger partial charge >= 0.3 is 0 Å². The van der Waals surface area contributed by atoms with Crippen LogP contribution in [0.25, 0.3) is 0 Å². The molecule has 11 heavy (non-hydrogen) atoms. The van der Waals surface area contributed by atoms with Crippen LogP contribution in [-0.2, 0) is 0 Å². The first kappa shape index (κ1) is 9.05. The van der Waals surface area contributed by atoms with Crippen molar-refractivity contribution < 1.29 is 0 Å². The Morgan fingerprint density at radius 3 is 2.55 bits per heavy atom. The van der Waals surface area contributed by atoms with Crippen molar-refractivity contribution in [1.82, 2.24) is 4.90 Å².